The fourth-order valence-electron chi connectivity index (χ4n) is 8.10. The number of aliphatic hydroxyl groups is 2. The molecule has 1 amide bonds. The van der Waals surface area contributed by atoms with Gasteiger partial charge in [-0.2, -0.15) is 0 Å². The Morgan fingerprint density at radius 3 is 2.50 bits per heavy atom. The second kappa shape index (κ2) is 10.4. The summed E-state index contributed by atoms with van der Waals surface area (Å²) in [7, 11) is 3.26. The number of phenolic OH excluding ortho intramolecular Hbond substituents is 1. The topological polar surface area (TPSA) is 175 Å². The van der Waals surface area contributed by atoms with Crippen molar-refractivity contribution >= 4 is 23.3 Å². The first-order chi connectivity index (χ1) is 20.0. The number of likely N-dealkylation sites (tertiary alicyclic amines) is 1. The van der Waals surface area contributed by atoms with Crippen LogP contribution in [0, 0.1) is 23.7 Å². The van der Waals surface area contributed by atoms with Crippen LogP contribution in [0.5, 0.6) is 5.75 Å². The van der Waals surface area contributed by atoms with E-state index in [0.29, 0.717) is 23.2 Å². The van der Waals surface area contributed by atoms with E-state index in [9.17, 15) is 34.5 Å². The lowest BCUT2D eigenvalue weighted by Crippen LogP contribution is -2.75. The fraction of sp³-hybridized carbons (Fsp3) is 0.548. The summed E-state index contributed by atoms with van der Waals surface area (Å²) >= 11 is 0. The summed E-state index contributed by atoms with van der Waals surface area (Å²) in [6.07, 6.45) is 5.08. The summed E-state index contributed by atoms with van der Waals surface area (Å²) in [5, 5.41) is 34.4. The van der Waals surface area contributed by atoms with Gasteiger partial charge in [-0.05, 0) is 82.0 Å². The van der Waals surface area contributed by atoms with E-state index in [1.165, 1.54) is 12.5 Å². The average molecular weight is 580 g/mol. The molecule has 1 saturated heterocycles. The molecule has 7 atom stereocenters. The smallest absolute Gasteiger partial charge is 0.230 e. The molecule has 2 saturated carbocycles. The number of nitrogens with two attached hydrogens (primary N) is 1. The van der Waals surface area contributed by atoms with Crippen molar-refractivity contribution in [3.8, 4) is 16.9 Å². The minimum atomic E-state index is -2.68. The maximum Gasteiger partial charge on any atom is 0.230 e. The maximum atomic E-state index is 14.3. The largest absolute Gasteiger partial charge is 0.507 e. The molecule has 11 nitrogen and oxygen atoms in total. The van der Waals surface area contributed by atoms with Gasteiger partial charge in [0.2, 0.25) is 5.91 Å². The molecule has 1 aromatic heterocycles. The number of likely N-dealkylation sites (N-methyl/N-ethyl adjacent to an activating group) is 1. The van der Waals surface area contributed by atoms with Gasteiger partial charge in [0.25, 0.3) is 0 Å². The van der Waals surface area contributed by atoms with Gasteiger partial charge in [0.05, 0.1) is 30.1 Å². The van der Waals surface area contributed by atoms with Crippen LogP contribution in [-0.2, 0) is 27.3 Å². The van der Waals surface area contributed by atoms with Crippen LogP contribution < -0.4 is 5.73 Å². The van der Waals surface area contributed by atoms with E-state index in [0.717, 1.165) is 37.9 Å². The third kappa shape index (κ3) is 4.16. The van der Waals surface area contributed by atoms with Gasteiger partial charge in [-0.15, -0.1) is 0 Å². The van der Waals surface area contributed by atoms with Gasteiger partial charge in [-0.3, -0.25) is 24.1 Å². The number of Topliss-reactive ketones (excluding diaryl/α,β-unsaturated/α-hetero) is 3. The number of nitrogens with zero attached hydrogens (tertiary/aromatic N) is 2. The summed E-state index contributed by atoms with van der Waals surface area (Å²) in [5.74, 6) is -9.08. The normalized spacial score (nSPS) is 33.3. The molecule has 4 aliphatic rings. The number of piperidine rings is 1. The van der Waals surface area contributed by atoms with E-state index in [1.54, 1.807) is 25.1 Å². The molecule has 2 heterocycles. The van der Waals surface area contributed by atoms with Crippen LogP contribution in [0.4, 0.5) is 0 Å². The number of primary amides is 1. The second-order valence-corrected chi connectivity index (χ2v) is 12.6. The molecule has 3 aliphatic carbocycles. The van der Waals surface area contributed by atoms with Crippen LogP contribution in [0.1, 0.15) is 47.2 Å². The van der Waals surface area contributed by atoms with Crippen LogP contribution in [0.15, 0.2) is 29.1 Å². The first kappa shape index (κ1) is 28.7. The van der Waals surface area contributed by atoms with Gasteiger partial charge in [0.1, 0.15) is 11.7 Å². The highest BCUT2D eigenvalue weighted by atomic mass is 16.3. The summed E-state index contributed by atoms with van der Waals surface area (Å²) in [6.45, 7) is 2.39. The quantitative estimate of drug-likeness (QED) is 0.373. The van der Waals surface area contributed by atoms with E-state index < -0.39 is 64.7 Å². The SMILES string of the molecule is CN(C)[C@H]1C(O)C(C(N)=O)C(=O)[C@]2(O)C(=O)C3C(=O)c4c(O)c(-c5ccoc5)cc(CN5CCCCC5)c4C[C@@H]3C[C@H]12. The van der Waals surface area contributed by atoms with Crippen molar-refractivity contribution in [3.63, 3.8) is 0 Å². The Balaban J connectivity index is 1.48. The highest BCUT2D eigenvalue weighted by Gasteiger charge is 2.69. The minimum Gasteiger partial charge on any atom is -0.507 e. The number of amides is 1. The molecule has 0 radical (unpaired) electrons. The Morgan fingerprint density at radius 2 is 1.88 bits per heavy atom. The number of carbonyl (C=O) groups is 4. The molecule has 11 heteroatoms. The van der Waals surface area contributed by atoms with Crippen LogP contribution >= 0.6 is 0 Å². The number of rotatable bonds is 5. The first-order valence-corrected chi connectivity index (χ1v) is 14.6. The monoisotopic (exact) mass is 579 g/mol. The van der Waals surface area contributed by atoms with Crippen molar-refractivity contribution in [2.75, 3.05) is 27.2 Å². The minimum absolute atomic E-state index is 0.0243. The number of hydrogen-bond donors (Lipinski definition) is 4. The highest BCUT2D eigenvalue weighted by molar-refractivity contribution is 6.25. The van der Waals surface area contributed by atoms with Gasteiger partial charge in [-0.1, -0.05) is 6.42 Å². The van der Waals surface area contributed by atoms with Crippen LogP contribution in [-0.4, -0.2) is 93.3 Å². The second-order valence-electron chi connectivity index (χ2n) is 12.6. The number of benzene rings is 1. The molecule has 1 aliphatic heterocycles. The number of fused-ring (bicyclic) bond motifs is 3. The van der Waals surface area contributed by atoms with Crippen molar-refractivity contribution in [1.82, 2.24) is 9.80 Å². The van der Waals surface area contributed by atoms with Gasteiger partial charge >= 0.3 is 0 Å². The number of ketones is 3. The van der Waals surface area contributed by atoms with Crippen molar-refractivity contribution in [3.05, 3.63) is 41.3 Å². The van der Waals surface area contributed by atoms with E-state index in [-0.39, 0.29) is 24.2 Å². The molecule has 0 spiro atoms. The molecule has 3 fully saturated rings. The van der Waals surface area contributed by atoms with Crippen LogP contribution in [0.2, 0.25) is 0 Å². The Bertz CT molecular complexity index is 1450. The molecular formula is C31H37N3O8. The zero-order valence-electron chi connectivity index (χ0n) is 23.8. The highest BCUT2D eigenvalue weighted by Crippen LogP contribution is 2.52. The molecule has 5 N–H and O–H groups in total. The zero-order chi connectivity index (χ0) is 30.1. The number of hydrogen-bond acceptors (Lipinski definition) is 10. The van der Waals surface area contributed by atoms with Crippen molar-refractivity contribution in [2.45, 2.75) is 56.4 Å². The van der Waals surface area contributed by atoms with Gasteiger partial charge in [0, 0.05) is 29.6 Å². The van der Waals surface area contributed by atoms with E-state index in [1.807, 2.05) is 6.07 Å². The molecule has 6 rings (SSSR count). The average Bonchev–Trinajstić information content (AvgIpc) is 3.47. The summed E-state index contributed by atoms with van der Waals surface area (Å²) in [6, 6.07) is 2.63. The van der Waals surface area contributed by atoms with Gasteiger partial charge < -0.3 is 30.4 Å². The third-order valence-corrected chi connectivity index (χ3v) is 10.1. The predicted octanol–water partition coefficient (Wildman–Crippen LogP) is 0.905. The van der Waals surface area contributed by atoms with Crippen LogP contribution in [0.25, 0.3) is 11.1 Å². The standard InChI is InChI=1S/C31H37N3O8/c1-33(2)24-20-12-16-10-18-17(13-34-7-4-3-5-8-34)11-19(15-6-9-42-14-15)25(35)22(18)26(36)21(16)28(38)31(20,41)29(39)23(27(24)37)30(32)40/h6,9,11,14,16,20-21,23-24,27,35,37,41H,3-5,7-8,10,12-13H2,1-2H3,(H2,32,40)/t16-,20-,21?,23?,24-,27?,31-/m1/s1. The number of aliphatic hydroxyl groups excluding tert-OH is 1. The predicted molar refractivity (Wildman–Crippen MR) is 149 cm³/mol. The number of phenols is 1. The Morgan fingerprint density at radius 1 is 1.17 bits per heavy atom. The molecule has 42 heavy (non-hydrogen) atoms. The molecular weight excluding hydrogens is 542 g/mol. The number of furan rings is 1. The lowest BCUT2D eigenvalue weighted by Gasteiger charge is -2.55. The van der Waals surface area contributed by atoms with E-state index >= 15 is 0 Å². The molecule has 3 unspecified atom stereocenters. The molecule has 1 aromatic carbocycles. The first-order valence-electron chi connectivity index (χ1n) is 14.6. The summed E-state index contributed by atoms with van der Waals surface area (Å²) < 4.78 is 5.25. The summed E-state index contributed by atoms with van der Waals surface area (Å²) in [5.41, 5.74) is 5.32. The van der Waals surface area contributed by atoms with Crippen molar-refractivity contribution in [2.24, 2.45) is 29.4 Å². The Labute approximate surface area is 243 Å². The van der Waals surface area contributed by atoms with E-state index in [4.69, 9.17) is 10.2 Å². The van der Waals surface area contributed by atoms with Crippen LogP contribution in [0.3, 0.4) is 0 Å². The lowest BCUT2D eigenvalue weighted by atomic mass is 9.52. The number of aromatic hydroxyl groups is 1. The Hall–Kier alpha value is -3.38. The molecule has 224 valence electrons. The van der Waals surface area contributed by atoms with Crippen molar-refractivity contribution < 1.29 is 38.9 Å². The number of carbonyl (C=O) groups excluding carboxylic acids is 4. The zero-order valence-corrected chi connectivity index (χ0v) is 23.8. The van der Waals surface area contributed by atoms with Gasteiger partial charge in [0.15, 0.2) is 23.0 Å². The molecule has 2 aromatic rings. The maximum absolute atomic E-state index is 14.3. The van der Waals surface area contributed by atoms with E-state index in [2.05, 4.69) is 4.90 Å². The van der Waals surface area contributed by atoms with Gasteiger partial charge in [-0.25, -0.2) is 0 Å². The third-order valence-electron chi connectivity index (χ3n) is 10.1. The fourth-order valence-corrected chi connectivity index (χ4v) is 8.10. The van der Waals surface area contributed by atoms with Crippen molar-refractivity contribution in [1.29, 1.82) is 0 Å². The molecule has 0 bridgehead atoms. The Kier molecular flexibility index (Phi) is 7.12. The lowest BCUT2D eigenvalue weighted by molar-refractivity contribution is -0.190. The summed E-state index contributed by atoms with van der Waals surface area (Å²) in [4.78, 5) is 58.2.